The van der Waals surface area contributed by atoms with Crippen molar-refractivity contribution in [2.45, 2.75) is 0 Å². The molecule has 0 bridgehead atoms. The Hall–Kier alpha value is -3.42. The monoisotopic (exact) mass is 340 g/mol. The van der Waals surface area contributed by atoms with Crippen LogP contribution in [0.15, 0.2) is 48.7 Å². The van der Waals surface area contributed by atoms with E-state index in [4.69, 9.17) is 9.47 Å². The Bertz CT molecular complexity index is 924. The molecule has 1 amide bonds. The first-order valence-electron chi connectivity index (χ1n) is 7.58. The molecule has 3 aromatic rings. The molecule has 0 fully saturated rings. The van der Waals surface area contributed by atoms with Crippen molar-refractivity contribution in [1.82, 2.24) is 15.0 Å². The van der Waals surface area contributed by atoms with Crippen molar-refractivity contribution in [2.24, 2.45) is 0 Å². The standard InChI is InChI=1S/C17H13FN4O3/c18-11-1-4-13(5-2-11)22-10-14(20-21-22)17(23)19-12-3-6-15-16(9-12)25-8-7-24-15/h1-6,9-10H,7-8H2,(H,19,23). The topological polar surface area (TPSA) is 78.3 Å². The molecule has 8 heteroatoms. The summed E-state index contributed by atoms with van der Waals surface area (Å²) in [6.07, 6.45) is 1.47. The third kappa shape index (κ3) is 3.14. The number of carbonyl (C=O) groups excluding carboxylic acids is 1. The summed E-state index contributed by atoms with van der Waals surface area (Å²) in [5.74, 6) is 0.469. The highest BCUT2D eigenvalue weighted by Gasteiger charge is 2.15. The molecule has 1 aliphatic heterocycles. The molecule has 1 aliphatic rings. The first-order valence-corrected chi connectivity index (χ1v) is 7.58. The van der Waals surface area contributed by atoms with Gasteiger partial charge < -0.3 is 14.8 Å². The van der Waals surface area contributed by atoms with Gasteiger partial charge in [-0.15, -0.1) is 5.10 Å². The van der Waals surface area contributed by atoms with Gasteiger partial charge >= 0.3 is 0 Å². The first kappa shape index (κ1) is 15.1. The van der Waals surface area contributed by atoms with Crippen molar-refractivity contribution >= 4 is 11.6 Å². The van der Waals surface area contributed by atoms with Crippen LogP contribution in [0.1, 0.15) is 10.5 Å². The number of ether oxygens (including phenoxy) is 2. The minimum absolute atomic E-state index is 0.138. The molecule has 2 heterocycles. The van der Waals surface area contributed by atoms with Crippen LogP contribution in [0.25, 0.3) is 5.69 Å². The molecule has 0 aliphatic carbocycles. The lowest BCUT2D eigenvalue weighted by molar-refractivity contribution is 0.102. The summed E-state index contributed by atoms with van der Waals surface area (Å²) in [4.78, 5) is 12.3. The number of rotatable bonds is 3. The summed E-state index contributed by atoms with van der Waals surface area (Å²) < 4.78 is 25.3. The number of nitrogens with zero attached hydrogens (tertiary/aromatic N) is 3. The molecular weight excluding hydrogens is 327 g/mol. The fourth-order valence-corrected chi connectivity index (χ4v) is 2.40. The van der Waals surface area contributed by atoms with Gasteiger partial charge in [-0.3, -0.25) is 4.79 Å². The van der Waals surface area contributed by atoms with Gasteiger partial charge in [0.2, 0.25) is 0 Å². The maximum Gasteiger partial charge on any atom is 0.277 e. The Labute approximate surface area is 142 Å². The van der Waals surface area contributed by atoms with E-state index in [1.807, 2.05) is 0 Å². The normalized spacial score (nSPS) is 12.7. The smallest absolute Gasteiger partial charge is 0.277 e. The lowest BCUT2D eigenvalue weighted by Crippen LogP contribution is -2.16. The zero-order chi connectivity index (χ0) is 17.2. The second kappa shape index (κ2) is 6.23. The fourth-order valence-electron chi connectivity index (χ4n) is 2.40. The van der Waals surface area contributed by atoms with E-state index < -0.39 is 5.91 Å². The highest BCUT2D eigenvalue weighted by molar-refractivity contribution is 6.02. The van der Waals surface area contributed by atoms with Crippen LogP contribution in [0.2, 0.25) is 0 Å². The van der Waals surface area contributed by atoms with Gasteiger partial charge in [0.05, 0.1) is 11.9 Å². The number of benzene rings is 2. The van der Waals surface area contributed by atoms with Gasteiger partial charge in [0.25, 0.3) is 5.91 Å². The summed E-state index contributed by atoms with van der Waals surface area (Å²) in [5, 5.41) is 10.5. The molecule has 126 valence electrons. The van der Waals surface area contributed by atoms with Crippen LogP contribution in [0.3, 0.4) is 0 Å². The lowest BCUT2D eigenvalue weighted by atomic mass is 10.2. The molecular formula is C17H13FN4O3. The number of aromatic nitrogens is 3. The van der Waals surface area contributed by atoms with Crippen molar-refractivity contribution in [1.29, 1.82) is 0 Å². The minimum atomic E-state index is -0.412. The predicted molar refractivity (Wildman–Crippen MR) is 86.7 cm³/mol. The van der Waals surface area contributed by atoms with Gasteiger partial charge in [-0.25, -0.2) is 9.07 Å². The van der Waals surface area contributed by atoms with E-state index >= 15 is 0 Å². The van der Waals surface area contributed by atoms with Crippen molar-refractivity contribution in [3.05, 3.63) is 60.2 Å². The molecule has 1 aromatic heterocycles. The Morgan fingerprint density at radius 2 is 1.84 bits per heavy atom. The van der Waals surface area contributed by atoms with Crippen LogP contribution >= 0.6 is 0 Å². The van der Waals surface area contributed by atoms with Gasteiger partial charge in [0.15, 0.2) is 17.2 Å². The first-order chi connectivity index (χ1) is 12.2. The van der Waals surface area contributed by atoms with E-state index in [2.05, 4.69) is 15.6 Å². The molecule has 2 aromatic carbocycles. The zero-order valence-electron chi connectivity index (χ0n) is 13.0. The highest BCUT2D eigenvalue weighted by atomic mass is 19.1. The number of hydrogen-bond acceptors (Lipinski definition) is 5. The third-order valence-electron chi connectivity index (χ3n) is 3.62. The van der Waals surface area contributed by atoms with E-state index in [1.54, 1.807) is 30.3 Å². The SMILES string of the molecule is O=C(Nc1ccc2c(c1)OCCO2)c1cn(-c2ccc(F)cc2)nn1. The number of hydrogen-bond donors (Lipinski definition) is 1. The maximum atomic E-state index is 13.0. The van der Waals surface area contributed by atoms with E-state index in [1.165, 1.54) is 23.0 Å². The minimum Gasteiger partial charge on any atom is -0.486 e. The molecule has 25 heavy (non-hydrogen) atoms. The maximum absolute atomic E-state index is 13.0. The predicted octanol–water partition coefficient (Wildman–Crippen LogP) is 2.43. The highest BCUT2D eigenvalue weighted by Crippen LogP contribution is 2.32. The number of fused-ring (bicyclic) bond motifs is 1. The lowest BCUT2D eigenvalue weighted by Gasteiger charge is -2.18. The molecule has 0 saturated heterocycles. The Morgan fingerprint density at radius 1 is 1.08 bits per heavy atom. The molecule has 0 radical (unpaired) electrons. The van der Waals surface area contributed by atoms with Crippen LogP contribution in [-0.2, 0) is 0 Å². The molecule has 7 nitrogen and oxygen atoms in total. The van der Waals surface area contributed by atoms with E-state index in [-0.39, 0.29) is 11.5 Å². The van der Waals surface area contributed by atoms with Gasteiger partial charge in [0, 0.05) is 11.8 Å². The second-order valence-electron chi connectivity index (χ2n) is 5.34. The molecule has 0 unspecified atom stereocenters. The molecule has 0 spiro atoms. The Morgan fingerprint density at radius 3 is 2.64 bits per heavy atom. The van der Waals surface area contributed by atoms with Crippen molar-refractivity contribution in [3.63, 3.8) is 0 Å². The van der Waals surface area contributed by atoms with Crippen molar-refractivity contribution in [2.75, 3.05) is 18.5 Å². The largest absolute Gasteiger partial charge is 0.486 e. The van der Waals surface area contributed by atoms with Crippen LogP contribution < -0.4 is 14.8 Å². The molecule has 0 atom stereocenters. The fraction of sp³-hybridized carbons (Fsp3) is 0.118. The number of halogens is 1. The summed E-state index contributed by atoms with van der Waals surface area (Å²) in [5.41, 5.74) is 1.30. The summed E-state index contributed by atoms with van der Waals surface area (Å²) in [6.45, 7) is 0.974. The van der Waals surface area contributed by atoms with Crippen LogP contribution in [0, 0.1) is 5.82 Å². The summed E-state index contributed by atoms with van der Waals surface area (Å²) in [6, 6.07) is 10.9. The number of anilines is 1. The van der Waals surface area contributed by atoms with E-state index in [0.29, 0.717) is 36.1 Å². The Kier molecular flexibility index (Phi) is 3.77. The molecule has 1 N–H and O–H groups in total. The van der Waals surface area contributed by atoms with E-state index in [0.717, 1.165) is 0 Å². The summed E-state index contributed by atoms with van der Waals surface area (Å²) >= 11 is 0. The molecule has 0 saturated carbocycles. The van der Waals surface area contributed by atoms with Gasteiger partial charge in [-0.2, -0.15) is 0 Å². The molecule has 4 rings (SSSR count). The van der Waals surface area contributed by atoms with Crippen LogP contribution in [0.4, 0.5) is 10.1 Å². The Balaban J connectivity index is 1.51. The van der Waals surface area contributed by atoms with Crippen molar-refractivity contribution in [3.8, 4) is 17.2 Å². The van der Waals surface area contributed by atoms with Crippen LogP contribution in [-0.4, -0.2) is 34.1 Å². The van der Waals surface area contributed by atoms with Crippen molar-refractivity contribution < 1.29 is 18.7 Å². The van der Waals surface area contributed by atoms with E-state index in [9.17, 15) is 9.18 Å². The summed E-state index contributed by atoms with van der Waals surface area (Å²) in [7, 11) is 0. The van der Waals surface area contributed by atoms with Crippen LogP contribution in [0.5, 0.6) is 11.5 Å². The zero-order valence-corrected chi connectivity index (χ0v) is 13.0. The number of amides is 1. The van der Waals surface area contributed by atoms with Gasteiger partial charge in [0.1, 0.15) is 19.0 Å². The number of nitrogens with one attached hydrogen (secondary N) is 1. The number of carbonyl (C=O) groups is 1. The average Bonchev–Trinajstić information content (AvgIpc) is 3.12. The third-order valence-corrected chi connectivity index (χ3v) is 3.62. The quantitative estimate of drug-likeness (QED) is 0.792. The average molecular weight is 340 g/mol. The van der Waals surface area contributed by atoms with Gasteiger partial charge in [-0.1, -0.05) is 5.21 Å². The second-order valence-corrected chi connectivity index (χ2v) is 5.34. The van der Waals surface area contributed by atoms with Gasteiger partial charge in [-0.05, 0) is 36.4 Å².